The summed E-state index contributed by atoms with van der Waals surface area (Å²) < 4.78 is 11.1. The van der Waals surface area contributed by atoms with E-state index in [1.807, 2.05) is 0 Å². The van der Waals surface area contributed by atoms with E-state index in [0.29, 0.717) is 13.2 Å². The highest BCUT2D eigenvalue weighted by atomic mass is 16.5. The van der Waals surface area contributed by atoms with Gasteiger partial charge >= 0.3 is 11.9 Å². The molecule has 1 saturated carbocycles. The molecular weight excluding hydrogens is 448 g/mol. The van der Waals surface area contributed by atoms with E-state index in [1.165, 1.54) is 51.4 Å². The fourth-order valence-corrected chi connectivity index (χ4v) is 5.17. The van der Waals surface area contributed by atoms with Crippen LogP contribution in [0.25, 0.3) is 0 Å². The Morgan fingerprint density at radius 2 is 0.889 bits per heavy atom. The van der Waals surface area contributed by atoms with Crippen LogP contribution in [-0.2, 0) is 19.1 Å². The molecule has 0 heterocycles. The summed E-state index contributed by atoms with van der Waals surface area (Å²) in [4.78, 5) is 24.9. The van der Waals surface area contributed by atoms with Crippen molar-refractivity contribution in [1.29, 1.82) is 0 Å². The van der Waals surface area contributed by atoms with E-state index in [2.05, 4.69) is 41.5 Å². The number of unbranched alkanes of at least 4 members (excludes halogenated alkanes) is 2. The van der Waals surface area contributed by atoms with Crippen LogP contribution in [0.2, 0.25) is 0 Å². The van der Waals surface area contributed by atoms with Crippen molar-refractivity contribution in [2.24, 2.45) is 35.5 Å². The van der Waals surface area contributed by atoms with E-state index in [1.54, 1.807) is 0 Å². The van der Waals surface area contributed by atoms with Gasteiger partial charge in [0, 0.05) is 0 Å². The highest BCUT2D eigenvalue weighted by Crippen LogP contribution is 2.30. The van der Waals surface area contributed by atoms with Crippen LogP contribution in [0.15, 0.2) is 0 Å². The van der Waals surface area contributed by atoms with E-state index in [4.69, 9.17) is 9.47 Å². The van der Waals surface area contributed by atoms with Crippen molar-refractivity contribution in [3.63, 3.8) is 0 Å². The summed E-state index contributed by atoms with van der Waals surface area (Å²) in [6.07, 6.45) is 17.4. The van der Waals surface area contributed by atoms with Gasteiger partial charge in [0.15, 0.2) is 0 Å². The molecule has 0 N–H and O–H groups in total. The highest BCUT2D eigenvalue weighted by Gasteiger charge is 2.31. The Morgan fingerprint density at radius 3 is 1.22 bits per heavy atom. The molecule has 4 nitrogen and oxygen atoms in total. The molecule has 0 aromatic carbocycles. The van der Waals surface area contributed by atoms with Crippen LogP contribution in [0.5, 0.6) is 0 Å². The van der Waals surface area contributed by atoms with E-state index in [0.717, 1.165) is 75.0 Å². The largest absolute Gasteiger partial charge is 0.465 e. The molecule has 0 spiro atoms. The van der Waals surface area contributed by atoms with Crippen LogP contribution in [0.1, 0.15) is 144 Å². The number of ether oxygens (including phenoxy) is 2. The van der Waals surface area contributed by atoms with Gasteiger partial charge in [-0.3, -0.25) is 9.59 Å². The van der Waals surface area contributed by atoms with Crippen molar-refractivity contribution >= 4 is 11.9 Å². The summed E-state index contributed by atoms with van der Waals surface area (Å²) in [5.74, 6) is 2.96. The summed E-state index contributed by atoms with van der Waals surface area (Å²) in [6.45, 7) is 15.0. The summed E-state index contributed by atoms with van der Waals surface area (Å²) in [5, 5.41) is 0. The minimum atomic E-state index is -0.0610. The minimum absolute atomic E-state index is 0.0413. The lowest BCUT2D eigenvalue weighted by Crippen LogP contribution is -2.28. The van der Waals surface area contributed by atoms with Gasteiger partial charge < -0.3 is 9.47 Å². The molecule has 0 aliphatic heterocycles. The first-order valence-electron chi connectivity index (χ1n) is 15.6. The van der Waals surface area contributed by atoms with Crippen LogP contribution in [0, 0.1) is 35.5 Å². The van der Waals surface area contributed by atoms with Crippen LogP contribution in [-0.4, -0.2) is 25.2 Å². The molecule has 4 unspecified atom stereocenters. The molecule has 0 aromatic heterocycles. The summed E-state index contributed by atoms with van der Waals surface area (Å²) in [5.41, 5.74) is 0. The van der Waals surface area contributed by atoms with Crippen molar-refractivity contribution in [3.05, 3.63) is 0 Å². The number of hydrogen-bond acceptors (Lipinski definition) is 4. The molecular formula is C32H60O4. The molecule has 0 radical (unpaired) electrons. The third kappa shape index (κ3) is 15.3. The van der Waals surface area contributed by atoms with Crippen molar-refractivity contribution in [1.82, 2.24) is 0 Å². The molecule has 0 amide bonds. The zero-order valence-electron chi connectivity index (χ0n) is 24.8. The van der Waals surface area contributed by atoms with E-state index >= 15 is 0 Å². The van der Waals surface area contributed by atoms with E-state index < -0.39 is 0 Å². The summed E-state index contributed by atoms with van der Waals surface area (Å²) >= 11 is 0. The summed E-state index contributed by atoms with van der Waals surface area (Å²) in [7, 11) is 0. The molecule has 36 heavy (non-hydrogen) atoms. The maximum absolute atomic E-state index is 12.4. The van der Waals surface area contributed by atoms with Crippen LogP contribution >= 0.6 is 0 Å². The molecule has 1 aliphatic rings. The number of rotatable bonds is 20. The lowest BCUT2D eigenvalue weighted by molar-refractivity contribution is -0.155. The van der Waals surface area contributed by atoms with Crippen molar-refractivity contribution in [3.8, 4) is 0 Å². The van der Waals surface area contributed by atoms with Crippen LogP contribution < -0.4 is 0 Å². The zero-order chi connectivity index (χ0) is 26.8. The predicted octanol–water partition coefficient (Wildman–Crippen LogP) is 9.14. The average Bonchev–Trinajstić information content (AvgIpc) is 2.89. The number of esters is 2. The predicted molar refractivity (Wildman–Crippen MR) is 151 cm³/mol. The van der Waals surface area contributed by atoms with Gasteiger partial charge in [-0.2, -0.15) is 0 Å². The van der Waals surface area contributed by atoms with Gasteiger partial charge in [0.2, 0.25) is 0 Å². The average molecular weight is 509 g/mol. The van der Waals surface area contributed by atoms with Gasteiger partial charge in [-0.15, -0.1) is 0 Å². The highest BCUT2D eigenvalue weighted by molar-refractivity contribution is 5.75. The Kier molecular flexibility index (Phi) is 18.3. The summed E-state index contributed by atoms with van der Waals surface area (Å²) in [6, 6.07) is 0. The molecule has 1 aliphatic carbocycles. The quantitative estimate of drug-likeness (QED) is 0.121. The Morgan fingerprint density at radius 1 is 0.556 bits per heavy atom. The molecule has 1 rings (SSSR count). The molecule has 4 atom stereocenters. The topological polar surface area (TPSA) is 52.6 Å². The van der Waals surface area contributed by atoms with Gasteiger partial charge in [0.25, 0.3) is 0 Å². The Balaban J connectivity index is 2.06. The third-order valence-electron chi connectivity index (χ3n) is 8.76. The third-order valence-corrected chi connectivity index (χ3v) is 8.76. The van der Waals surface area contributed by atoms with E-state index in [-0.39, 0.29) is 23.8 Å². The van der Waals surface area contributed by atoms with Crippen molar-refractivity contribution in [2.45, 2.75) is 144 Å². The van der Waals surface area contributed by atoms with Gasteiger partial charge in [-0.1, -0.05) is 92.9 Å². The Labute approximate surface area is 224 Å². The maximum atomic E-state index is 12.4. The van der Waals surface area contributed by atoms with E-state index in [9.17, 15) is 9.59 Å². The molecule has 0 bridgehead atoms. The molecule has 0 saturated heterocycles. The smallest absolute Gasteiger partial charge is 0.308 e. The number of carbonyl (C=O) groups is 2. The first-order chi connectivity index (χ1) is 17.3. The van der Waals surface area contributed by atoms with Gasteiger partial charge in [0.05, 0.1) is 25.0 Å². The van der Waals surface area contributed by atoms with Crippen molar-refractivity contribution in [2.75, 3.05) is 13.2 Å². The zero-order valence-corrected chi connectivity index (χ0v) is 24.8. The SMILES string of the molecule is CCC(C)CCC(C)CCCCOC(=O)C1CCC(C(=O)OCCCCC(C)CCC(C)CC)CC1. The second-order valence-electron chi connectivity index (χ2n) is 12.3. The normalized spacial score (nSPS) is 21.4. The lowest BCUT2D eigenvalue weighted by atomic mass is 9.82. The minimum Gasteiger partial charge on any atom is -0.465 e. The molecule has 212 valence electrons. The maximum Gasteiger partial charge on any atom is 0.308 e. The Hall–Kier alpha value is -1.06. The standard InChI is InChI=1S/C32H60O4/c1-7-25(3)15-17-27(5)13-9-11-23-35-31(33)29-19-21-30(22-20-29)32(34)36-24-12-10-14-28(6)18-16-26(4)8-2/h25-30H,7-24H2,1-6H3. The van der Waals surface area contributed by atoms with Crippen LogP contribution in [0.4, 0.5) is 0 Å². The van der Waals surface area contributed by atoms with Crippen molar-refractivity contribution < 1.29 is 19.1 Å². The number of carbonyl (C=O) groups excluding carboxylic acids is 2. The van der Waals surface area contributed by atoms with Crippen LogP contribution in [0.3, 0.4) is 0 Å². The van der Waals surface area contributed by atoms with Gasteiger partial charge in [-0.05, 0) is 75.0 Å². The molecule has 4 heteroatoms. The van der Waals surface area contributed by atoms with Gasteiger partial charge in [-0.25, -0.2) is 0 Å². The second-order valence-corrected chi connectivity index (χ2v) is 12.3. The number of hydrogen-bond donors (Lipinski definition) is 0. The second kappa shape index (κ2) is 20.0. The first-order valence-corrected chi connectivity index (χ1v) is 15.6. The molecule has 1 fully saturated rings. The lowest BCUT2D eigenvalue weighted by Gasteiger charge is -2.26. The van der Waals surface area contributed by atoms with Gasteiger partial charge in [0.1, 0.15) is 0 Å². The fraction of sp³-hybridized carbons (Fsp3) is 0.938. The fourth-order valence-electron chi connectivity index (χ4n) is 5.17. The molecule has 0 aromatic rings. The monoisotopic (exact) mass is 508 g/mol. The Bertz CT molecular complexity index is 517. The first kappa shape index (κ1) is 33.0.